The van der Waals surface area contributed by atoms with Crippen molar-refractivity contribution in [1.82, 2.24) is 9.80 Å². The van der Waals surface area contributed by atoms with E-state index < -0.39 is 5.97 Å². The molecule has 2 aliphatic rings. The molecule has 0 saturated carbocycles. The van der Waals surface area contributed by atoms with Crippen molar-refractivity contribution in [3.05, 3.63) is 47.0 Å². The summed E-state index contributed by atoms with van der Waals surface area (Å²) >= 11 is 0. The lowest BCUT2D eigenvalue weighted by Gasteiger charge is -2.48. The number of benzene rings is 1. The van der Waals surface area contributed by atoms with E-state index in [0.717, 1.165) is 38.3 Å². The van der Waals surface area contributed by atoms with Gasteiger partial charge in [0.2, 0.25) is 0 Å². The number of carboxylic acid groups (broad SMARTS) is 1. The first-order chi connectivity index (χ1) is 11.1. The Morgan fingerprint density at radius 2 is 1.74 bits per heavy atom. The highest BCUT2D eigenvalue weighted by atomic mass is 16.4. The zero-order chi connectivity index (χ0) is 16.4. The van der Waals surface area contributed by atoms with Gasteiger partial charge in [-0.2, -0.15) is 0 Å². The normalized spacial score (nSPS) is 25.4. The summed E-state index contributed by atoms with van der Waals surface area (Å²) < 4.78 is 0. The van der Waals surface area contributed by atoms with Gasteiger partial charge in [0.1, 0.15) is 0 Å². The molecule has 2 aliphatic heterocycles. The lowest BCUT2D eigenvalue weighted by molar-refractivity contribution is -0.299. The van der Waals surface area contributed by atoms with Crippen molar-refractivity contribution in [1.29, 1.82) is 0 Å². The molecule has 0 N–H and O–H groups in total. The molecule has 2 atom stereocenters. The van der Waals surface area contributed by atoms with Crippen molar-refractivity contribution in [3.8, 4) is 0 Å². The first-order valence-corrected chi connectivity index (χ1v) is 8.47. The Morgan fingerprint density at radius 3 is 2.26 bits per heavy atom. The number of aliphatic carboxylic acids is 1. The number of carboxylic acids is 1. The number of piperidine rings is 2. The third-order valence-electron chi connectivity index (χ3n) is 5.10. The van der Waals surface area contributed by atoms with Gasteiger partial charge in [0.25, 0.3) is 0 Å². The van der Waals surface area contributed by atoms with Gasteiger partial charge < -0.3 is 14.8 Å². The number of fused-ring (bicyclic) bond motifs is 2. The molecule has 0 aromatic heterocycles. The van der Waals surface area contributed by atoms with Crippen molar-refractivity contribution in [2.24, 2.45) is 11.8 Å². The van der Waals surface area contributed by atoms with Crippen molar-refractivity contribution in [3.63, 3.8) is 0 Å². The summed E-state index contributed by atoms with van der Waals surface area (Å²) in [7, 11) is 2.13. The third-order valence-corrected chi connectivity index (χ3v) is 5.10. The number of rotatable bonds is 4. The van der Waals surface area contributed by atoms with Gasteiger partial charge in [-0.1, -0.05) is 42.8 Å². The average molecular weight is 313 g/mol. The van der Waals surface area contributed by atoms with Crippen molar-refractivity contribution >= 4 is 5.97 Å². The van der Waals surface area contributed by atoms with E-state index in [9.17, 15) is 9.90 Å². The van der Waals surface area contributed by atoms with Gasteiger partial charge in [-0.15, -0.1) is 0 Å². The molecule has 124 valence electrons. The van der Waals surface area contributed by atoms with Gasteiger partial charge in [-0.3, -0.25) is 4.90 Å². The van der Waals surface area contributed by atoms with Crippen LogP contribution in [0.3, 0.4) is 0 Å². The first-order valence-electron chi connectivity index (χ1n) is 8.47. The van der Waals surface area contributed by atoms with Crippen LogP contribution in [-0.2, 0) is 11.3 Å². The van der Waals surface area contributed by atoms with Crippen LogP contribution in [0, 0.1) is 11.8 Å². The summed E-state index contributed by atoms with van der Waals surface area (Å²) in [5.41, 5.74) is 3.03. The first kappa shape index (κ1) is 16.2. The fourth-order valence-electron chi connectivity index (χ4n) is 4.30. The molecular formula is C19H25N2O2-. The number of hydrogen-bond acceptors (Lipinski definition) is 4. The van der Waals surface area contributed by atoms with Crippen LogP contribution in [0.2, 0.25) is 0 Å². The molecule has 2 saturated heterocycles. The van der Waals surface area contributed by atoms with Crippen LogP contribution in [0.5, 0.6) is 0 Å². The molecule has 1 aromatic rings. The molecule has 0 amide bonds. The second-order valence-corrected chi connectivity index (χ2v) is 6.87. The summed E-state index contributed by atoms with van der Waals surface area (Å²) in [4.78, 5) is 16.3. The van der Waals surface area contributed by atoms with Crippen molar-refractivity contribution < 1.29 is 9.90 Å². The molecule has 1 aromatic carbocycles. The molecule has 2 bridgehead atoms. The Bertz CT molecular complexity index is 579. The van der Waals surface area contributed by atoms with Crippen LogP contribution in [-0.4, -0.2) is 49.0 Å². The molecule has 0 radical (unpaired) electrons. The summed E-state index contributed by atoms with van der Waals surface area (Å²) in [6.45, 7) is 6.61. The maximum absolute atomic E-state index is 11.5. The smallest absolute Gasteiger partial charge is 0.0674 e. The van der Waals surface area contributed by atoms with Crippen LogP contribution in [0.1, 0.15) is 18.9 Å². The molecule has 4 nitrogen and oxygen atoms in total. The van der Waals surface area contributed by atoms with Gasteiger partial charge in [-0.05, 0) is 24.6 Å². The van der Waals surface area contributed by atoms with Crippen molar-refractivity contribution in [2.45, 2.75) is 19.9 Å². The molecule has 0 spiro atoms. The second-order valence-electron chi connectivity index (χ2n) is 6.87. The van der Waals surface area contributed by atoms with Crippen LogP contribution in [0.15, 0.2) is 41.5 Å². The summed E-state index contributed by atoms with van der Waals surface area (Å²) in [6.07, 6.45) is 0.563. The number of nitrogens with zero attached hydrogens (tertiary/aromatic N) is 2. The van der Waals surface area contributed by atoms with E-state index in [4.69, 9.17) is 0 Å². The molecular weight excluding hydrogens is 288 g/mol. The third kappa shape index (κ3) is 3.48. The van der Waals surface area contributed by atoms with E-state index in [1.165, 1.54) is 5.56 Å². The lowest BCUT2D eigenvalue weighted by atomic mass is 9.76. The Morgan fingerprint density at radius 1 is 1.13 bits per heavy atom. The van der Waals surface area contributed by atoms with Gasteiger partial charge >= 0.3 is 0 Å². The Balaban J connectivity index is 1.83. The van der Waals surface area contributed by atoms with E-state index in [1.54, 1.807) is 0 Å². The van der Waals surface area contributed by atoms with E-state index in [2.05, 4.69) is 41.1 Å². The minimum Gasteiger partial charge on any atom is -0.545 e. The average Bonchev–Trinajstić information content (AvgIpc) is 2.49. The number of likely N-dealkylation sites (tertiary alicyclic amines) is 2. The topological polar surface area (TPSA) is 46.6 Å². The Kier molecular flexibility index (Phi) is 4.83. The highest BCUT2D eigenvalue weighted by molar-refractivity contribution is 5.86. The number of carbonyl (C=O) groups is 1. The number of carbonyl (C=O) groups excluding carboxylic acids is 1. The minimum absolute atomic E-state index is 0.309. The standard InChI is InChI=1S/C19H26N2O2/c1-3-17(19(22)23)18-15-10-20(2)11-16(18)13-21(12-15)9-14-7-5-4-6-8-14/h4-8,15-16H,3,9-13H2,1-2H3,(H,22,23)/p-1. The highest BCUT2D eigenvalue weighted by Crippen LogP contribution is 2.36. The molecule has 3 rings (SSSR count). The van der Waals surface area contributed by atoms with E-state index in [1.807, 2.05) is 13.0 Å². The lowest BCUT2D eigenvalue weighted by Crippen LogP contribution is -2.53. The maximum atomic E-state index is 11.5. The fraction of sp³-hybridized carbons (Fsp3) is 0.526. The van der Waals surface area contributed by atoms with E-state index in [-0.39, 0.29) is 0 Å². The SMILES string of the molecule is CCC(C(=O)[O-])=C1C2CN(C)CC1CN(Cc1ccccc1)C2. The predicted octanol–water partition coefficient (Wildman–Crippen LogP) is 1.14. The van der Waals surface area contributed by atoms with Gasteiger partial charge in [0, 0.05) is 44.6 Å². The van der Waals surface area contributed by atoms with Crippen LogP contribution in [0.25, 0.3) is 0 Å². The monoisotopic (exact) mass is 313 g/mol. The molecule has 2 heterocycles. The maximum Gasteiger partial charge on any atom is 0.0674 e. The van der Waals surface area contributed by atoms with Crippen molar-refractivity contribution in [2.75, 3.05) is 33.2 Å². The Labute approximate surface area is 138 Å². The van der Waals surface area contributed by atoms with Gasteiger partial charge in [-0.25, -0.2) is 0 Å². The quantitative estimate of drug-likeness (QED) is 0.782. The molecule has 2 fully saturated rings. The summed E-state index contributed by atoms with van der Waals surface area (Å²) in [5, 5.41) is 11.5. The minimum atomic E-state index is -0.974. The van der Waals surface area contributed by atoms with Crippen LogP contribution >= 0.6 is 0 Å². The van der Waals surface area contributed by atoms with Crippen LogP contribution in [0.4, 0.5) is 0 Å². The van der Waals surface area contributed by atoms with E-state index >= 15 is 0 Å². The van der Waals surface area contributed by atoms with E-state index in [0.29, 0.717) is 23.8 Å². The largest absolute Gasteiger partial charge is 0.545 e. The van der Waals surface area contributed by atoms with Gasteiger partial charge in [0.05, 0.1) is 5.97 Å². The summed E-state index contributed by atoms with van der Waals surface area (Å²) in [6, 6.07) is 10.5. The molecule has 0 aliphatic carbocycles. The Hall–Kier alpha value is -1.65. The second kappa shape index (κ2) is 6.85. The van der Waals surface area contributed by atoms with Crippen LogP contribution < -0.4 is 5.11 Å². The molecule has 23 heavy (non-hydrogen) atoms. The zero-order valence-electron chi connectivity index (χ0n) is 14.0. The van der Waals surface area contributed by atoms with Gasteiger partial charge in [0.15, 0.2) is 0 Å². The highest BCUT2D eigenvalue weighted by Gasteiger charge is 2.38. The molecule has 4 heteroatoms. The summed E-state index contributed by atoms with van der Waals surface area (Å²) in [5.74, 6) is -0.355. The zero-order valence-corrected chi connectivity index (χ0v) is 14.0. The molecule has 2 unspecified atom stereocenters. The fourth-order valence-corrected chi connectivity index (χ4v) is 4.30. The predicted molar refractivity (Wildman–Crippen MR) is 88.5 cm³/mol. The number of hydrogen-bond donors (Lipinski definition) is 0.